The van der Waals surface area contributed by atoms with Crippen molar-refractivity contribution in [3.8, 4) is 0 Å². The normalized spacial score (nSPS) is 10.5. The van der Waals surface area contributed by atoms with E-state index in [1.165, 1.54) is 12.1 Å². The Hall–Kier alpha value is -2.30. The summed E-state index contributed by atoms with van der Waals surface area (Å²) in [5, 5.41) is 8.78. The van der Waals surface area contributed by atoms with Crippen LogP contribution in [0.3, 0.4) is 0 Å². The maximum atomic E-state index is 13.8. The predicted octanol–water partition coefficient (Wildman–Crippen LogP) is 3.06. The van der Waals surface area contributed by atoms with Crippen LogP contribution in [0.15, 0.2) is 34.7 Å². The summed E-state index contributed by atoms with van der Waals surface area (Å²) in [6, 6.07) is 7.52. The topological polar surface area (TPSA) is 53.7 Å². The zero-order valence-electron chi connectivity index (χ0n) is 10.7. The minimum absolute atomic E-state index is 0.0662. The lowest BCUT2D eigenvalue weighted by Gasteiger charge is -2.18. The number of aromatic carboxylic acids is 1. The Balaban J connectivity index is 2.19. The molecule has 100 valence electrons. The second-order valence-electron chi connectivity index (χ2n) is 4.34. The van der Waals surface area contributed by atoms with Crippen LogP contribution in [0.4, 0.5) is 10.1 Å². The van der Waals surface area contributed by atoms with Crippen molar-refractivity contribution in [2.45, 2.75) is 13.5 Å². The summed E-state index contributed by atoms with van der Waals surface area (Å²) < 4.78 is 19.3. The molecule has 2 rings (SSSR count). The van der Waals surface area contributed by atoms with Crippen molar-refractivity contribution in [2.75, 3.05) is 11.9 Å². The number of nitrogens with zero attached hydrogens (tertiary/aromatic N) is 1. The lowest BCUT2D eigenvalue weighted by atomic mass is 10.2. The Bertz CT molecular complexity index is 606. The van der Waals surface area contributed by atoms with E-state index in [0.29, 0.717) is 12.2 Å². The van der Waals surface area contributed by atoms with Gasteiger partial charge in [0.05, 0.1) is 17.8 Å². The zero-order valence-corrected chi connectivity index (χ0v) is 10.7. The Labute approximate surface area is 110 Å². The maximum Gasteiger partial charge on any atom is 0.335 e. The highest BCUT2D eigenvalue weighted by molar-refractivity contribution is 5.88. The molecule has 1 aromatic heterocycles. The lowest BCUT2D eigenvalue weighted by molar-refractivity contribution is 0.0696. The molecular formula is C14H14FNO3. The van der Waals surface area contributed by atoms with Crippen molar-refractivity contribution < 1.29 is 18.7 Å². The SMILES string of the molecule is Cc1ccc(CN(C)c2ccc(C(=O)O)cc2F)o1. The summed E-state index contributed by atoms with van der Waals surface area (Å²) in [6.07, 6.45) is 0. The fraction of sp³-hybridized carbons (Fsp3) is 0.214. The highest BCUT2D eigenvalue weighted by atomic mass is 19.1. The number of hydrogen-bond donors (Lipinski definition) is 1. The number of carbonyl (C=O) groups is 1. The predicted molar refractivity (Wildman–Crippen MR) is 68.9 cm³/mol. The summed E-state index contributed by atoms with van der Waals surface area (Å²) in [5.41, 5.74) is 0.266. The van der Waals surface area contributed by atoms with Gasteiger partial charge in [-0.25, -0.2) is 9.18 Å². The standard InChI is InChI=1S/C14H14FNO3/c1-9-3-5-11(19-9)8-16(2)13-6-4-10(14(17)18)7-12(13)15/h3-7H,8H2,1-2H3,(H,17,18). The van der Waals surface area contributed by atoms with Gasteiger partial charge in [0.15, 0.2) is 0 Å². The van der Waals surface area contributed by atoms with Gasteiger partial charge in [-0.15, -0.1) is 0 Å². The van der Waals surface area contributed by atoms with E-state index in [4.69, 9.17) is 9.52 Å². The first-order chi connectivity index (χ1) is 8.97. The van der Waals surface area contributed by atoms with Crippen LogP contribution in [0.1, 0.15) is 21.9 Å². The molecule has 19 heavy (non-hydrogen) atoms. The van der Waals surface area contributed by atoms with Gasteiger partial charge in [-0.3, -0.25) is 0 Å². The van der Waals surface area contributed by atoms with Crippen LogP contribution in [-0.4, -0.2) is 18.1 Å². The molecular weight excluding hydrogens is 249 g/mol. The number of aryl methyl sites for hydroxylation is 1. The van der Waals surface area contributed by atoms with Gasteiger partial charge in [0.25, 0.3) is 0 Å². The maximum absolute atomic E-state index is 13.8. The van der Waals surface area contributed by atoms with E-state index < -0.39 is 11.8 Å². The number of furan rings is 1. The van der Waals surface area contributed by atoms with Crippen molar-refractivity contribution in [2.24, 2.45) is 0 Å². The molecule has 1 N–H and O–H groups in total. The van der Waals surface area contributed by atoms with Gasteiger partial charge in [-0.1, -0.05) is 0 Å². The van der Waals surface area contributed by atoms with Crippen molar-refractivity contribution >= 4 is 11.7 Å². The number of halogens is 1. The van der Waals surface area contributed by atoms with Crippen LogP contribution in [0.5, 0.6) is 0 Å². The Kier molecular flexibility index (Phi) is 3.55. The van der Waals surface area contributed by atoms with Gasteiger partial charge in [0, 0.05) is 7.05 Å². The van der Waals surface area contributed by atoms with E-state index in [-0.39, 0.29) is 5.56 Å². The molecule has 0 saturated carbocycles. The van der Waals surface area contributed by atoms with Crippen molar-refractivity contribution in [1.82, 2.24) is 0 Å². The first-order valence-corrected chi connectivity index (χ1v) is 5.76. The first-order valence-electron chi connectivity index (χ1n) is 5.76. The molecule has 1 heterocycles. The fourth-order valence-electron chi connectivity index (χ4n) is 1.84. The van der Waals surface area contributed by atoms with Gasteiger partial charge in [0.2, 0.25) is 0 Å². The van der Waals surface area contributed by atoms with Crippen molar-refractivity contribution in [1.29, 1.82) is 0 Å². The summed E-state index contributed by atoms with van der Waals surface area (Å²) in [5.74, 6) is -0.188. The molecule has 0 fully saturated rings. The number of benzene rings is 1. The smallest absolute Gasteiger partial charge is 0.335 e. The third-order valence-electron chi connectivity index (χ3n) is 2.79. The quantitative estimate of drug-likeness (QED) is 0.921. The fourth-order valence-corrected chi connectivity index (χ4v) is 1.84. The van der Waals surface area contributed by atoms with E-state index in [9.17, 15) is 9.18 Å². The van der Waals surface area contributed by atoms with Gasteiger partial charge < -0.3 is 14.4 Å². The summed E-state index contributed by atoms with van der Waals surface area (Å²) in [4.78, 5) is 12.4. The van der Waals surface area contributed by atoms with Crippen molar-refractivity contribution in [3.05, 3.63) is 53.2 Å². The highest BCUT2D eigenvalue weighted by Gasteiger charge is 2.12. The average Bonchev–Trinajstić information content (AvgIpc) is 2.74. The zero-order chi connectivity index (χ0) is 14.0. The largest absolute Gasteiger partial charge is 0.478 e. The monoisotopic (exact) mass is 263 g/mol. The molecule has 0 aliphatic heterocycles. The molecule has 0 bridgehead atoms. The minimum Gasteiger partial charge on any atom is -0.478 e. The molecule has 0 aliphatic carbocycles. The van der Waals surface area contributed by atoms with Crippen LogP contribution in [0.25, 0.3) is 0 Å². The van der Waals surface area contributed by atoms with Crippen LogP contribution in [-0.2, 0) is 6.54 Å². The number of hydrogen-bond acceptors (Lipinski definition) is 3. The van der Waals surface area contributed by atoms with Crippen LogP contribution < -0.4 is 4.90 Å². The lowest BCUT2D eigenvalue weighted by Crippen LogP contribution is -2.17. The second-order valence-corrected chi connectivity index (χ2v) is 4.34. The molecule has 5 heteroatoms. The molecule has 0 spiro atoms. The van der Waals surface area contributed by atoms with E-state index >= 15 is 0 Å². The molecule has 2 aromatic rings. The van der Waals surface area contributed by atoms with E-state index in [1.807, 2.05) is 19.1 Å². The number of anilines is 1. The average molecular weight is 263 g/mol. The van der Waals surface area contributed by atoms with E-state index in [2.05, 4.69) is 0 Å². The Morgan fingerprint density at radius 2 is 2.11 bits per heavy atom. The number of carboxylic acid groups (broad SMARTS) is 1. The van der Waals surface area contributed by atoms with Gasteiger partial charge in [-0.2, -0.15) is 0 Å². The number of rotatable bonds is 4. The third kappa shape index (κ3) is 2.93. The van der Waals surface area contributed by atoms with Crippen molar-refractivity contribution in [3.63, 3.8) is 0 Å². The Morgan fingerprint density at radius 3 is 2.63 bits per heavy atom. The molecule has 0 aliphatic rings. The number of carboxylic acids is 1. The van der Waals surface area contributed by atoms with E-state index in [0.717, 1.165) is 17.6 Å². The molecule has 4 nitrogen and oxygen atoms in total. The molecule has 0 radical (unpaired) electrons. The molecule has 0 atom stereocenters. The van der Waals surface area contributed by atoms with Crippen LogP contribution in [0, 0.1) is 12.7 Å². The van der Waals surface area contributed by atoms with E-state index in [1.54, 1.807) is 11.9 Å². The third-order valence-corrected chi connectivity index (χ3v) is 2.79. The highest BCUT2D eigenvalue weighted by Crippen LogP contribution is 2.21. The Morgan fingerprint density at radius 1 is 1.37 bits per heavy atom. The summed E-state index contributed by atoms with van der Waals surface area (Å²) in [6.45, 7) is 2.25. The molecule has 1 aromatic carbocycles. The molecule has 0 amide bonds. The molecule has 0 saturated heterocycles. The minimum atomic E-state index is -1.14. The second kappa shape index (κ2) is 5.14. The van der Waals surface area contributed by atoms with Crippen LogP contribution >= 0.6 is 0 Å². The van der Waals surface area contributed by atoms with Gasteiger partial charge >= 0.3 is 5.97 Å². The van der Waals surface area contributed by atoms with Gasteiger partial charge in [-0.05, 0) is 37.3 Å². The summed E-state index contributed by atoms with van der Waals surface area (Å²) >= 11 is 0. The van der Waals surface area contributed by atoms with Gasteiger partial charge in [0.1, 0.15) is 17.3 Å². The summed E-state index contributed by atoms with van der Waals surface area (Å²) in [7, 11) is 1.72. The molecule has 0 unspecified atom stereocenters. The van der Waals surface area contributed by atoms with Crippen LogP contribution in [0.2, 0.25) is 0 Å². The first kappa shape index (κ1) is 13.1.